The van der Waals surface area contributed by atoms with Gasteiger partial charge in [0.25, 0.3) is 5.91 Å². The van der Waals surface area contributed by atoms with Crippen molar-refractivity contribution < 1.29 is 4.79 Å². The summed E-state index contributed by atoms with van der Waals surface area (Å²) in [5.74, 6) is 0.0695. The van der Waals surface area contributed by atoms with Gasteiger partial charge in [0, 0.05) is 37.3 Å². The maximum atomic E-state index is 12.5. The predicted octanol–water partition coefficient (Wildman–Crippen LogP) is 1.28. The van der Waals surface area contributed by atoms with Crippen LogP contribution in [0.2, 0.25) is 0 Å². The summed E-state index contributed by atoms with van der Waals surface area (Å²) in [6, 6.07) is 9.80. The van der Waals surface area contributed by atoms with Crippen LogP contribution in [0.15, 0.2) is 36.5 Å². The zero-order valence-corrected chi connectivity index (χ0v) is 10.3. The molecule has 92 valence electrons. The van der Waals surface area contributed by atoms with Crippen molar-refractivity contribution in [1.29, 1.82) is 0 Å². The second-order valence-electron chi connectivity index (χ2n) is 4.60. The lowest BCUT2D eigenvalue weighted by molar-refractivity contribution is 0.0683. The molecule has 4 heteroatoms. The number of hydrogen-bond acceptors (Lipinski definition) is 3. The third kappa shape index (κ3) is 1.75. The first-order chi connectivity index (χ1) is 8.77. The molecule has 0 saturated carbocycles. The summed E-state index contributed by atoms with van der Waals surface area (Å²) in [7, 11) is 1.86. The molecule has 1 aliphatic heterocycles. The molecular weight excluding hydrogens is 226 g/mol. The average molecular weight is 241 g/mol. The Morgan fingerprint density at radius 3 is 2.89 bits per heavy atom. The standard InChI is InChI=1S/C14H15N3O/c1-17(10-8-15-9-10)14(18)12-4-2-6-13-11(12)5-3-7-16-13/h2-7,10,15H,8-9H2,1H3. The number of fused-ring (bicyclic) bond motifs is 1. The Kier molecular flexibility index (Phi) is 2.72. The van der Waals surface area contributed by atoms with Crippen LogP contribution in [0.1, 0.15) is 10.4 Å². The van der Waals surface area contributed by atoms with E-state index >= 15 is 0 Å². The Hall–Kier alpha value is -1.94. The highest BCUT2D eigenvalue weighted by Gasteiger charge is 2.26. The van der Waals surface area contributed by atoms with Gasteiger partial charge in [-0.2, -0.15) is 0 Å². The number of nitrogens with one attached hydrogen (secondary N) is 1. The molecular formula is C14H15N3O. The number of nitrogens with zero attached hydrogens (tertiary/aromatic N) is 2. The maximum absolute atomic E-state index is 12.5. The van der Waals surface area contributed by atoms with Crippen molar-refractivity contribution in [2.24, 2.45) is 0 Å². The molecule has 0 atom stereocenters. The summed E-state index contributed by atoms with van der Waals surface area (Å²) >= 11 is 0. The molecule has 0 bridgehead atoms. The van der Waals surface area contributed by atoms with E-state index in [-0.39, 0.29) is 5.91 Å². The van der Waals surface area contributed by atoms with Crippen LogP contribution in [0.5, 0.6) is 0 Å². The van der Waals surface area contributed by atoms with Crippen molar-refractivity contribution in [2.45, 2.75) is 6.04 Å². The highest BCUT2D eigenvalue weighted by Crippen LogP contribution is 2.19. The minimum absolute atomic E-state index is 0.0695. The van der Waals surface area contributed by atoms with Crippen molar-refractivity contribution in [3.05, 3.63) is 42.1 Å². The number of pyridine rings is 1. The van der Waals surface area contributed by atoms with Crippen LogP contribution in [0.4, 0.5) is 0 Å². The van der Waals surface area contributed by atoms with Crippen molar-refractivity contribution in [2.75, 3.05) is 20.1 Å². The Morgan fingerprint density at radius 1 is 1.33 bits per heavy atom. The van der Waals surface area contributed by atoms with E-state index in [1.54, 1.807) is 6.20 Å². The van der Waals surface area contributed by atoms with Gasteiger partial charge in [0.15, 0.2) is 0 Å². The Morgan fingerprint density at radius 2 is 2.17 bits per heavy atom. The van der Waals surface area contributed by atoms with E-state index in [0.717, 1.165) is 29.6 Å². The van der Waals surface area contributed by atoms with Crippen LogP contribution in [-0.2, 0) is 0 Å². The molecule has 0 unspecified atom stereocenters. The normalized spacial score (nSPS) is 15.4. The minimum atomic E-state index is 0.0695. The monoisotopic (exact) mass is 241 g/mol. The summed E-state index contributed by atoms with van der Waals surface area (Å²) in [4.78, 5) is 18.6. The van der Waals surface area contributed by atoms with Gasteiger partial charge in [-0.15, -0.1) is 0 Å². The quantitative estimate of drug-likeness (QED) is 0.861. The number of aromatic nitrogens is 1. The molecule has 0 aliphatic carbocycles. The third-order valence-electron chi connectivity index (χ3n) is 3.50. The number of carbonyl (C=O) groups is 1. The molecule has 1 amide bonds. The topological polar surface area (TPSA) is 45.2 Å². The number of carbonyl (C=O) groups excluding carboxylic acids is 1. The first kappa shape index (κ1) is 11.2. The molecule has 0 spiro atoms. The lowest BCUT2D eigenvalue weighted by Gasteiger charge is -2.35. The first-order valence-electron chi connectivity index (χ1n) is 6.09. The van der Waals surface area contributed by atoms with E-state index in [1.165, 1.54) is 0 Å². The Labute approximate surface area is 106 Å². The fraction of sp³-hybridized carbons (Fsp3) is 0.286. The van der Waals surface area contributed by atoms with Crippen molar-refractivity contribution >= 4 is 16.8 Å². The van der Waals surface area contributed by atoms with Crippen LogP contribution in [-0.4, -0.2) is 42.0 Å². The zero-order valence-electron chi connectivity index (χ0n) is 10.3. The van der Waals surface area contributed by atoms with Gasteiger partial charge in [0.2, 0.25) is 0 Å². The highest BCUT2D eigenvalue weighted by molar-refractivity contribution is 6.06. The smallest absolute Gasteiger partial charge is 0.254 e. The van der Waals surface area contributed by atoms with Crippen molar-refractivity contribution in [1.82, 2.24) is 15.2 Å². The number of rotatable bonds is 2. The summed E-state index contributed by atoms with van der Waals surface area (Å²) in [5, 5.41) is 4.10. The van der Waals surface area contributed by atoms with Gasteiger partial charge < -0.3 is 10.2 Å². The molecule has 18 heavy (non-hydrogen) atoms. The molecule has 4 nitrogen and oxygen atoms in total. The fourth-order valence-electron chi connectivity index (χ4n) is 2.19. The number of amides is 1. The molecule has 1 aromatic carbocycles. The minimum Gasteiger partial charge on any atom is -0.336 e. The van der Waals surface area contributed by atoms with Gasteiger partial charge in [-0.1, -0.05) is 12.1 Å². The third-order valence-corrected chi connectivity index (χ3v) is 3.50. The molecule has 2 heterocycles. The van der Waals surface area contributed by atoms with Gasteiger partial charge in [-0.05, 0) is 18.2 Å². The number of hydrogen-bond donors (Lipinski definition) is 1. The van der Waals surface area contributed by atoms with E-state index in [0.29, 0.717) is 6.04 Å². The van der Waals surface area contributed by atoms with Crippen LogP contribution in [0.3, 0.4) is 0 Å². The van der Waals surface area contributed by atoms with Gasteiger partial charge in [-0.25, -0.2) is 0 Å². The van der Waals surface area contributed by atoms with Crippen molar-refractivity contribution in [3.8, 4) is 0 Å². The van der Waals surface area contributed by atoms with Gasteiger partial charge in [0.05, 0.1) is 11.6 Å². The van der Waals surface area contributed by atoms with Gasteiger partial charge >= 0.3 is 0 Å². The molecule has 0 radical (unpaired) electrons. The molecule has 3 rings (SSSR count). The molecule has 1 aliphatic rings. The molecule has 1 saturated heterocycles. The highest BCUT2D eigenvalue weighted by atomic mass is 16.2. The summed E-state index contributed by atoms with van der Waals surface area (Å²) in [6.45, 7) is 1.76. The van der Waals surface area contributed by atoms with Crippen LogP contribution in [0.25, 0.3) is 10.9 Å². The summed E-state index contributed by atoms with van der Waals surface area (Å²) in [5.41, 5.74) is 1.60. The lowest BCUT2D eigenvalue weighted by atomic mass is 10.1. The van der Waals surface area contributed by atoms with E-state index in [2.05, 4.69) is 10.3 Å². The Bertz CT molecular complexity index is 587. The van der Waals surface area contributed by atoms with Gasteiger partial charge in [-0.3, -0.25) is 9.78 Å². The molecule has 1 fully saturated rings. The lowest BCUT2D eigenvalue weighted by Crippen LogP contribution is -2.57. The average Bonchev–Trinajstić information content (AvgIpc) is 2.35. The zero-order chi connectivity index (χ0) is 12.5. The van der Waals surface area contributed by atoms with E-state index in [9.17, 15) is 4.79 Å². The number of benzene rings is 1. The SMILES string of the molecule is CN(C(=O)c1cccc2ncccc12)C1CNC1. The predicted molar refractivity (Wildman–Crippen MR) is 70.5 cm³/mol. The summed E-state index contributed by atoms with van der Waals surface area (Å²) in [6.07, 6.45) is 1.75. The van der Waals surface area contributed by atoms with Crippen molar-refractivity contribution in [3.63, 3.8) is 0 Å². The van der Waals surface area contributed by atoms with E-state index in [4.69, 9.17) is 0 Å². The van der Waals surface area contributed by atoms with Crippen LogP contribution >= 0.6 is 0 Å². The second kappa shape index (κ2) is 4.38. The van der Waals surface area contributed by atoms with Crippen LogP contribution < -0.4 is 5.32 Å². The molecule has 2 aromatic rings. The molecule has 1 aromatic heterocycles. The fourth-order valence-corrected chi connectivity index (χ4v) is 2.19. The molecule has 1 N–H and O–H groups in total. The second-order valence-corrected chi connectivity index (χ2v) is 4.60. The number of likely N-dealkylation sites (N-methyl/N-ethyl adjacent to an activating group) is 1. The van der Waals surface area contributed by atoms with Gasteiger partial charge in [0.1, 0.15) is 0 Å². The largest absolute Gasteiger partial charge is 0.336 e. The summed E-state index contributed by atoms with van der Waals surface area (Å²) < 4.78 is 0. The first-order valence-corrected chi connectivity index (χ1v) is 6.09. The van der Waals surface area contributed by atoms with E-state index in [1.807, 2.05) is 42.3 Å². The maximum Gasteiger partial charge on any atom is 0.254 e. The Balaban J connectivity index is 2.00. The van der Waals surface area contributed by atoms with E-state index < -0.39 is 0 Å². The van der Waals surface area contributed by atoms with Crippen LogP contribution in [0, 0.1) is 0 Å².